The van der Waals surface area contributed by atoms with Gasteiger partial charge < -0.3 is 5.73 Å². The van der Waals surface area contributed by atoms with E-state index in [-0.39, 0.29) is 0 Å². The van der Waals surface area contributed by atoms with Gasteiger partial charge >= 0.3 is 0 Å². The van der Waals surface area contributed by atoms with Gasteiger partial charge in [0.2, 0.25) is 0 Å². The lowest BCUT2D eigenvalue weighted by molar-refractivity contribution is 0.0991. The predicted octanol–water partition coefficient (Wildman–Crippen LogP) is 3.01. The maximum Gasteiger partial charge on any atom is 0.267 e. The van der Waals surface area contributed by atoms with E-state index in [9.17, 15) is 4.79 Å². The van der Waals surface area contributed by atoms with Crippen molar-refractivity contribution in [2.75, 3.05) is 0 Å². The normalized spacial score (nSPS) is 10.6. The minimum absolute atomic E-state index is 0.439. The Kier molecular flexibility index (Phi) is 3.74. The highest BCUT2D eigenvalue weighted by atomic mass is 16.1. The molecular formula is C18H17N3O. The average Bonchev–Trinajstić information content (AvgIpc) is 2.92. The molecule has 2 aromatic carbocycles. The first-order chi connectivity index (χ1) is 10.6. The number of hydrogen-bond acceptors (Lipinski definition) is 2. The third-order valence-corrected chi connectivity index (χ3v) is 3.58. The standard InChI is InChI=1S/C18H17N3O/c1-13-6-5-9-15(10-13)16-11-20-21(17(16)18(19)22)12-14-7-3-2-4-8-14/h2-11H,12H2,1H3,(H2,19,22). The fraction of sp³-hybridized carbons (Fsp3) is 0.111. The fourth-order valence-corrected chi connectivity index (χ4v) is 2.55. The van der Waals surface area contributed by atoms with Gasteiger partial charge in [-0.1, -0.05) is 60.2 Å². The van der Waals surface area contributed by atoms with Crippen LogP contribution in [-0.4, -0.2) is 15.7 Å². The van der Waals surface area contributed by atoms with Gasteiger partial charge in [0.25, 0.3) is 5.91 Å². The van der Waals surface area contributed by atoms with Crippen LogP contribution in [0.15, 0.2) is 60.8 Å². The van der Waals surface area contributed by atoms with Crippen LogP contribution in [0.1, 0.15) is 21.6 Å². The van der Waals surface area contributed by atoms with E-state index in [4.69, 9.17) is 5.73 Å². The summed E-state index contributed by atoms with van der Waals surface area (Å²) >= 11 is 0. The van der Waals surface area contributed by atoms with Crippen LogP contribution in [-0.2, 0) is 6.54 Å². The van der Waals surface area contributed by atoms with Crippen molar-refractivity contribution in [2.45, 2.75) is 13.5 Å². The van der Waals surface area contributed by atoms with Crippen molar-refractivity contribution in [3.63, 3.8) is 0 Å². The van der Waals surface area contributed by atoms with E-state index in [2.05, 4.69) is 5.10 Å². The van der Waals surface area contributed by atoms with Crippen molar-refractivity contribution in [1.82, 2.24) is 9.78 Å². The summed E-state index contributed by atoms with van der Waals surface area (Å²) in [6.07, 6.45) is 1.71. The Morgan fingerprint density at radius 1 is 1.14 bits per heavy atom. The minimum Gasteiger partial charge on any atom is -0.364 e. The molecule has 3 rings (SSSR count). The van der Waals surface area contributed by atoms with Crippen molar-refractivity contribution in [1.29, 1.82) is 0 Å². The monoisotopic (exact) mass is 291 g/mol. The molecule has 0 atom stereocenters. The summed E-state index contributed by atoms with van der Waals surface area (Å²) in [7, 11) is 0. The quantitative estimate of drug-likeness (QED) is 0.803. The van der Waals surface area contributed by atoms with Crippen LogP contribution in [0.2, 0.25) is 0 Å². The molecule has 4 heteroatoms. The van der Waals surface area contributed by atoms with Gasteiger partial charge in [-0.25, -0.2) is 0 Å². The molecule has 0 aliphatic carbocycles. The van der Waals surface area contributed by atoms with E-state index in [1.807, 2.05) is 61.5 Å². The van der Waals surface area contributed by atoms with Crippen LogP contribution in [0.3, 0.4) is 0 Å². The van der Waals surface area contributed by atoms with Gasteiger partial charge in [-0.05, 0) is 18.1 Å². The van der Waals surface area contributed by atoms with E-state index in [0.717, 1.165) is 22.3 Å². The molecule has 1 heterocycles. The number of primary amides is 1. The summed E-state index contributed by atoms with van der Waals surface area (Å²) < 4.78 is 1.66. The highest BCUT2D eigenvalue weighted by Gasteiger charge is 2.17. The van der Waals surface area contributed by atoms with E-state index in [1.54, 1.807) is 10.9 Å². The first-order valence-electron chi connectivity index (χ1n) is 7.12. The number of amides is 1. The number of aromatic nitrogens is 2. The van der Waals surface area contributed by atoms with E-state index in [1.165, 1.54) is 0 Å². The first-order valence-corrected chi connectivity index (χ1v) is 7.12. The summed E-state index contributed by atoms with van der Waals surface area (Å²) in [6, 6.07) is 17.8. The largest absolute Gasteiger partial charge is 0.364 e. The van der Waals surface area contributed by atoms with Gasteiger partial charge in [0.1, 0.15) is 5.69 Å². The molecule has 0 aliphatic rings. The van der Waals surface area contributed by atoms with Crippen molar-refractivity contribution in [3.05, 3.63) is 77.6 Å². The number of carbonyl (C=O) groups is 1. The Hall–Kier alpha value is -2.88. The topological polar surface area (TPSA) is 60.9 Å². The first kappa shape index (κ1) is 14.1. The lowest BCUT2D eigenvalue weighted by atomic mass is 10.0. The second-order valence-electron chi connectivity index (χ2n) is 5.28. The highest BCUT2D eigenvalue weighted by Crippen LogP contribution is 2.24. The van der Waals surface area contributed by atoms with E-state index in [0.29, 0.717) is 12.2 Å². The lowest BCUT2D eigenvalue weighted by Crippen LogP contribution is -2.19. The smallest absolute Gasteiger partial charge is 0.267 e. The summed E-state index contributed by atoms with van der Waals surface area (Å²) in [5.41, 5.74) is 9.95. The van der Waals surface area contributed by atoms with Crippen molar-refractivity contribution in [3.8, 4) is 11.1 Å². The van der Waals surface area contributed by atoms with Crippen LogP contribution in [0.5, 0.6) is 0 Å². The zero-order chi connectivity index (χ0) is 15.5. The zero-order valence-electron chi connectivity index (χ0n) is 12.4. The molecule has 0 aliphatic heterocycles. The molecule has 1 aromatic heterocycles. The molecule has 3 aromatic rings. The molecular weight excluding hydrogens is 274 g/mol. The Labute approximate surface area is 129 Å². The maximum absolute atomic E-state index is 11.9. The number of rotatable bonds is 4. The van der Waals surface area contributed by atoms with Crippen LogP contribution in [0, 0.1) is 6.92 Å². The number of aryl methyl sites for hydroxylation is 1. The van der Waals surface area contributed by atoms with Crippen LogP contribution in [0.25, 0.3) is 11.1 Å². The van der Waals surface area contributed by atoms with Gasteiger partial charge in [0.05, 0.1) is 12.7 Å². The lowest BCUT2D eigenvalue weighted by Gasteiger charge is -2.07. The molecule has 1 amide bonds. The molecule has 0 saturated carbocycles. The third kappa shape index (κ3) is 2.76. The Morgan fingerprint density at radius 3 is 2.59 bits per heavy atom. The highest BCUT2D eigenvalue weighted by molar-refractivity contribution is 5.98. The van der Waals surface area contributed by atoms with Gasteiger partial charge in [0, 0.05) is 5.56 Å². The molecule has 0 spiro atoms. The second-order valence-corrected chi connectivity index (χ2v) is 5.28. The summed E-state index contributed by atoms with van der Waals surface area (Å²) in [4.78, 5) is 11.9. The number of hydrogen-bond donors (Lipinski definition) is 1. The minimum atomic E-state index is -0.468. The Bertz CT molecular complexity index is 806. The second kappa shape index (κ2) is 5.85. The van der Waals surface area contributed by atoms with Crippen LogP contribution < -0.4 is 5.73 Å². The molecule has 0 fully saturated rings. The number of nitrogens with zero attached hydrogens (tertiary/aromatic N) is 2. The Balaban J connectivity index is 2.04. The molecule has 0 radical (unpaired) electrons. The molecule has 110 valence electrons. The van der Waals surface area contributed by atoms with Gasteiger partial charge in [-0.3, -0.25) is 9.48 Å². The van der Waals surface area contributed by atoms with Crippen molar-refractivity contribution < 1.29 is 4.79 Å². The van der Waals surface area contributed by atoms with Crippen molar-refractivity contribution >= 4 is 5.91 Å². The predicted molar refractivity (Wildman–Crippen MR) is 86.5 cm³/mol. The fourth-order valence-electron chi connectivity index (χ4n) is 2.55. The van der Waals surface area contributed by atoms with E-state index < -0.39 is 5.91 Å². The summed E-state index contributed by atoms with van der Waals surface area (Å²) in [5, 5.41) is 4.35. The molecule has 0 saturated heterocycles. The molecule has 22 heavy (non-hydrogen) atoms. The summed E-state index contributed by atoms with van der Waals surface area (Å²) in [6.45, 7) is 2.53. The number of carbonyl (C=O) groups excluding carboxylic acids is 1. The molecule has 2 N–H and O–H groups in total. The molecule has 0 bridgehead atoms. The summed E-state index contributed by atoms with van der Waals surface area (Å²) in [5.74, 6) is -0.468. The SMILES string of the molecule is Cc1cccc(-c2cnn(Cc3ccccc3)c2C(N)=O)c1. The third-order valence-electron chi connectivity index (χ3n) is 3.58. The van der Waals surface area contributed by atoms with Gasteiger partial charge in [-0.15, -0.1) is 0 Å². The van der Waals surface area contributed by atoms with Gasteiger partial charge in [-0.2, -0.15) is 5.10 Å². The Morgan fingerprint density at radius 2 is 1.91 bits per heavy atom. The van der Waals surface area contributed by atoms with Crippen LogP contribution in [0.4, 0.5) is 0 Å². The zero-order valence-corrected chi connectivity index (χ0v) is 12.4. The van der Waals surface area contributed by atoms with Crippen molar-refractivity contribution in [2.24, 2.45) is 5.73 Å². The maximum atomic E-state index is 11.9. The van der Waals surface area contributed by atoms with E-state index >= 15 is 0 Å². The number of nitrogens with two attached hydrogens (primary N) is 1. The molecule has 4 nitrogen and oxygen atoms in total. The van der Waals surface area contributed by atoms with Gasteiger partial charge in [0.15, 0.2) is 0 Å². The van der Waals surface area contributed by atoms with Crippen LogP contribution >= 0.6 is 0 Å². The average molecular weight is 291 g/mol. The number of benzene rings is 2. The molecule has 0 unspecified atom stereocenters.